The van der Waals surface area contributed by atoms with E-state index in [4.69, 9.17) is 9.15 Å². The number of amides is 1. The molecular weight excluding hydrogens is 318 g/mol. The fourth-order valence-electron chi connectivity index (χ4n) is 3.77. The quantitative estimate of drug-likeness (QED) is 0.854. The van der Waals surface area contributed by atoms with Crippen molar-refractivity contribution in [3.8, 4) is 0 Å². The normalized spacial score (nSPS) is 24.1. The van der Waals surface area contributed by atoms with Crippen LogP contribution in [0.3, 0.4) is 0 Å². The summed E-state index contributed by atoms with van der Waals surface area (Å²) in [5.74, 6) is 0.394. The first-order valence-corrected chi connectivity index (χ1v) is 8.75. The minimum atomic E-state index is 0.0502. The molecule has 2 fully saturated rings. The van der Waals surface area contributed by atoms with Crippen LogP contribution in [0, 0.1) is 12.8 Å². The Kier molecular flexibility index (Phi) is 4.55. The van der Waals surface area contributed by atoms with Crippen molar-refractivity contribution >= 4 is 5.91 Å². The molecule has 2 aliphatic heterocycles. The van der Waals surface area contributed by atoms with Crippen molar-refractivity contribution in [1.82, 2.24) is 14.8 Å². The standard InChI is InChI=1S/C19H23N3O3/c1-14-6-16(8-20-7-14)19(23)22-11-17-10-21(3-5-25-18(17)12-22)9-15-2-4-24-13-15/h2,4,6-8,13,17-18H,3,5,9-12H2,1H3/t17-,18+/m0/s1. The summed E-state index contributed by atoms with van der Waals surface area (Å²) in [5.41, 5.74) is 2.84. The minimum Gasteiger partial charge on any atom is -0.472 e. The van der Waals surface area contributed by atoms with Crippen LogP contribution in [-0.4, -0.2) is 59.6 Å². The molecule has 2 aromatic heterocycles. The molecule has 6 nitrogen and oxygen atoms in total. The van der Waals surface area contributed by atoms with Crippen LogP contribution in [0.25, 0.3) is 0 Å². The number of fused-ring (bicyclic) bond motifs is 1. The highest BCUT2D eigenvalue weighted by molar-refractivity contribution is 5.94. The van der Waals surface area contributed by atoms with Gasteiger partial charge in [-0.15, -0.1) is 0 Å². The van der Waals surface area contributed by atoms with Gasteiger partial charge in [-0.2, -0.15) is 0 Å². The Labute approximate surface area is 147 Å². The summed E-state index contributed by atoms with van der Waals surface area (Å²) < 4.78 is 11.2. The molecule has 4 heterocycles. The van der Waals surface area contributed by atoms with Gasteiger partial charge in [0.25, 0.3) is 5.91 Å². The summed E-state index contributed by atoms with van der Waals surface area (Å²) in [6.07, 6.45) is 7.03. The maximum absolute atomic E-state index is 12.8. The Balaban J connectivity index is 1.42. The van der Waals surface area contributed by atoms with Crippen LogP contribution in [0.4, 0.5) is 0 Å². The summed E-state index contributed by atoms with van der Waals surface area (Å²) in [7, 11) is 0. The molecule has 4 rings (SSSR count). The van der Waals surface area contributed by atoms with Crippen molar-refractivity contribution in [2.45, 2.75) is 19.6 Å². The van der Waals surface area contributed by atoms with E-state index in [2.05, 4.69) is 9.88 Å². The third-order valence-electron chi connectivity index (χ3n) is 5.01. The SMILES string of the molecule is Cc1cncc(C(=O)N2C[C@@H]3CN(Cc4ccoc4)CCO[C@@H]3C2)c1. The van der Waals surface area contributed by atoms with Crippen molar-refractivity contribution in [1.29, 1.82) is 0 Å². The summed E-state index contributed by atoms with van der Waals surface area (Å²) in [5, 5.41) is 0. The van der Waals surface area contributed by atoms with Gasteiger partial charge in [-0.05, 0) is 24.6 Å². The molecule has 0 unspecified atom stereocenters. The number of carbonyl (C=O) groups excluding carboxylic acids is 1. The number of aromatic nitrogens is 1. The van der Waals surface area contributed by atoms with Crippen molar-refractivity contribution in [3.05, 3.63) is 53.7 Å². The Bertz CT molecular complexity index is 731. The van der Waals surface area contributed by atoms with Crippen LogP contribution >= 0.6 is 0 Å². The van der Waals surface area contributed by atoms with E-state index in [1.807, 2.05) is 24.0 Å². The highest BCUT2D eigenvalue weighted by atomic mass is 16.5. The molecule has 132 valence electrons. The van der Waals surface area contributed by atoms with E-state index in [0.29, 0.717) is 24.6 Å². The second-order valence-electron chi connectivity index (χ2n) is 7.00. The van der Waals surface area contributed by atoms with E-state index in [0.717, 1.165) is 31.7 Å². The number of hydrogen-bond donors (Lipinski definition) is 0. The lowest BCUT2D eigenvalue weighted by molar-refractivity contribution is 0.0483. The van der Waals surface area contributed by atoms with Crippen LogP contribution in [0.15, 0.2) is 41.5 Å². The third-order valence-corrected chi connectivity index (χ3v) is 5.01. The van der Waals surface area contributed by atoms with Gasteiger partial charge in [0.1, 0.15) is 0 Å². The number of rotatable bonds is 3. The van der Waals surface area contributed by atoms with E-state index in [-0.39, 0.29) is 12.0 Å². The number of carbonyl (C=O) groups is 1. The van der Waals surface area contributed by atoms with Crippen LogP contribution in [0.5, 0.6) is 0 Å². The Morgan fingerprint density at radius 1 is 1.32 bits per heavy atom. The maximum Gasteiger partial charge on any atom is 0.255 e. The zero-order valence-electron chi connectivity index (χ0n) is 14.4. The highest BCUT2D eigenvalue weighted by Gasteiger charge is 2.38. The summed E-state index contributed by atoms with van der Waals surface area (Å²) in [4.78, 5) is 21.2. The lowest BCUT2D eigenvalue weighted by Gasteiger charge is -2.22. The average Bonchev–Trinajstić information content (AvgIpc) is 3.21. The number of hydrogen-bond acceptors (Lipinski definition) is 5. The van der Waals surface area contributed by atoms with Crippen molar-refractivity contribution < 1.29 is 13.9 Å². The topological polar surface area (TPSA) is 58.8 Å². The average molecular weight is 341 g/mol. The van der Waals surface area contributed by atoms with Gasteiger partial charge in [-0.25, -0.2) is 0 Å². The molecule has 0 radical (unpaired) electrons. The van der Waals surface area contributed by atoms with E-state index in [1.54, 1.807) is 24.9 Å². The number of aryl methyl sites for hydroxylation is 1. The van der Waals surface area contributed by atoms with Crippen LogP contribution in [0.1, 0.15) is 21.5 Å². The largest absolute Gasteiger partial charge is 0.472 e. The molecule has 2 saturated heterocycles. The molecule has 0 aliphatic carbocycles. The van der Waals surface area contributed by atoms with E-state index < -0.39 is 0 Å². The van der Waals surface area contributed by atoms with Crippen molar-refractivity contribution in [3.63, 3.8) is 0 Å². The molecule has 0 saturated carbocycles. The van der Waals surface area contributed by atoms with Crippen molar-refractivity contribution in [2.75, 3.05) is 32.8 Å². The second kappa shape index (κ2) is 6.98. The fourth-order valence-corrected chi connectivity index (χ4v) is 3.77. The van der Waals surface area contributed by atoms with Gasteiger partial charge in [-0.3, -0.25) is 14.7 Å². The highest BCUT2D eigenvalue weighted by Crippen LogP contribution is 2.26. The third kappa shape index (κ3) is 3.60. The predicted molar refractivity (Wildman–Crippen MR) is 92.1 cm³/mol. The molecule has 6 heteroatoms. The van der Waals surface area contributed by atoms with E-state index in [9.17, 15) is 4.79 Å². The van der Waals surface area contributed by atoms with Gasteiger partial charge >= 0.3 is 0 Å². The first-order chi connectivity index (χ1) is 12.2. The van der Waals surface area contributed by atoms with Gasteiger partial charge in [0.15, 0.2) is 0 Å². The van der Waals surface area contributed by atoms with Crippen LogP contribution in [-0.2, 0) is 11.3 Å². The lowest BCUT2D eigenvalue weighted by atomic mass is 10.1. The summed E-state index contributed by atoms with van der Waals surface area (Å²) >= 11 is 0. The molecule has 1 amide bonds. The number of likely N-dealkylation sites (tertiary alicyclic amines) is 1. The summed E-state index contributed by atoms with van der Waals surface area (Å²) in [6, 6.07) is 3.90. The van der Waals surface area contributed by atoms with Gasteiger partial charge in [-0.1, -0.05) is 0 Å². The Morgan fingerprint density at radius 3 is 3.04 bits per heavy atom. The zero-order chi connectivity index (χ0) is 17.2. The molecule has 2 aliphatic rings. The first-order valence-electron chi connectivity index (χ1n) is 8.75. The first kappa shape index (κ1) is 16.3. The molecule has 2 aromatic rings. The smallest absolute Gasteiger partial charge is 0.255 e. The molecule has 25 heavy (non-hydrogen) atoms. The predicted octanol–water partition coefficient (Wildman–Crippen LogP) is 1.96. The molecule has 0 N–H and O–H groups in total. The van der Waals surface area contributed by atoms with E-state index in [1.165, 1.54) is 5.56 Å². The minimum absolute atomic E-state index is 0.0502. The Hall–Kier alpha value is -2.18. The molecule has 0 bridgehead atoms. The zero-order valence-corrected chi connectivity index (χ0v) is 14.4. The van der Waals surface area contributed by atoms with E-state index >= 15 is 0 Å². The fraction of sp³-hybridized carbons (Fsp3) is 0.474. The maximum atomic E-state index is 12.8. The number of furan rings is 1. The number of ether oxygens (including phenoxy) is 1. The van der Waals surface area contributed by atoms with Gasteiger partial charge in [0.05, 0.1) is 30.8 Å². The monoisotopic (exact) mass is 341 g/mol. The number of nitrogens with zero attached hydrogens (tertiary/aromatic N) is 3. The molecule has 0 spiro atoms. The molecule has 2 atom stereocenters. The lowest BCUT2D eigenvalue weighted by Crippen LogP contribution is -2.33. The molecular formula is C19H23N3O3. The molecule has 0 aromatic carbocycles. The van der Waals surface area contributed by atoms with Gasteiger partial charge in [0.2, 0.25) is 0 Å². The summed E-state index contributed by atoms with van der Waals surface area (Å²) in [6.45, 7) is 6.76. The van der Waals surface area contributed by atoms with Gasteiger partial charge in [0, 0.05) is 56.6 Å². The Morgan fingerprint density at radius 2 is 2.24 bits per heavy atom. The second-order valence-corrected chi connectivity index (χ2v) is 7.00. The van der Waals surface area contributed by atoms with Gasteiger partial charge < -0.3 is 14.1 Å². The van der Waals surface area contributed by atoms with Crippen molar-refractivity contribution in [2.24, 2.45) is 5.92 Å². The van der Waals surface area contributed by atoms with Crippen LogP contribution < -0.4 is 0 Å². The van der Waals surface area contributed by atoms with Crippen LogP contribution in [0.2, 0.25) is 0 Å². The number of pyridine rings is 1.